The fourth-order valence-corrected chi connectivity index (χ4v) is 3.27. The quantitative estimate of drug-likeness (QED) is 0.593. The maximum Gasteiger partial charge on any atom is 0.193 e. The van der Waals surface area contributed by atoms with E-state index in [1.807, 2.05) is 82.3 Å². The van der Waals surface area contributed by atoms with E-state index in [2.05, 4.69) is 0 Å². The predicted octanol–water partition coefficient (Wildman–Crippen LogP) is 6.02. The largest absolute Gasteiger partial charge is 0.507 e. The van der Waals surface area contributed by atoms with E-state index in [9.17, 15) is 9.90 Å². The number of phenolic OH excluding ortho intramolecular Hbond substituents is 1. The van der Waals surface area contributed by atoms with Crippen molar-refractivity contribution in [3.8, 4) is 5.75 Å². The Morgan fingerprint density at radius 3 is 2.00 bits per heavy atom. The molecule has 2 nitrogen and oxygen atoms in total. The van der Waals surface area contributed by atoms with Crippen LogP contribution in [0.2, 0.25) is 0 Å². The lowest BCUT2D eigenvalue weighted by atomic mass is 9.88. The van der Waals surface area contributed by atoms with Crippen LogP contribution >= 0.6 is 0 Å². The minimum absolute atomic E-state index is 0.000556. The highest BCUT2D eigenvalue weighted by Gasteiger charge is 2.20. The zero-order valence-electron chi connectivity index (χ0n) is 15.2. The van der Waals surface area contributed by atoms with Crippen molar-refractivity contribution in [2.75, 3.05) is 0 Å². The molecule has 0 aliphatic carbocycles. The van der Waals surface area contributed by atoms with E-state index in [1.165, 1.54) is 0 Å². The van der Waals surface area contributed by atoms with Crippen LogP contribution in [-0.4, -0.2) is 10.9 Å². The standard InChI is InChI=1S/C23H24O2/c1-14(2)20-12-17(13-21(15(3)4)23(20)25)22(24)19-11-7-9-16-8-5-6-10-18(16)19/h5-15,25H,1-4H3. The number of ketones is 1. The Bertz CT molecular complexity index is 901. The smallest absolute Gasteiger partial charge is 0.193 e. The molecule has 3 aromatic rings. The highest BCUT2D eigenvalue weighted by Crippen LogP contribution is 2.35. The Hall–Kier alpha value is -2.61. The number of aromatic hydroxyl groups is 1. The van der Waals surface area contributed by atoms with E-state index in [0.29, 0.717) is 16.9 Å². The first-order valence-electron chi connectivity index (χ1n) is 8.79. The summed E-state index contributed by atoms with van der Waals surface area (Å²) in [5.74, 6) is 0.621. The Balaban J connectivity index is 2.20. The van der Waals surface area contributed by atoms with Gasteiger partial charge in [0, 0.05) is 11.1 Å². The summed E-state index contributed by atoms with van der Waals surface area (Å²) in [5.41, 5.74) is 3.00. The highest BCUT2D eigenvalue weighted by atomic mass is 16.3. The number of hydrogen-bond acceptors (Lipinski definition) is 2. The molecule has 0 bridgehead atoms. The molecule has 0 aliphatic heterocycles. The third-order valence-corrected chi connectivity index (χ3v) is 4.71. The molecule has 0 spiro atoms. The molecule has 0 aliphatic rings. The number of fused-ring (bicyclic) bond motifs is 1. The summed E-state index contributed by atoms with van der Waals surface area (Å²) < 4.78 is 0. The van der Waals surface area contributed by atoms with Gasteiger partial charge in [0.25, 0.3) is 0 Å². The van der Waals surface area contributed by atoms with Crippen molar-refractivity contribution in [3.05, 3.63) is 76.9 Å². The molecule has 2 heteroatoms. The first-order chi connectivity index (χ1) is 11.9. The van der Waals surface area contributed by atoms with Crippen LogP contribution in [0.1, 0.15) is 66.6 Å². The van der Waals surface area contributed by atoms with Crippen LogP contribution in [0.4, 0.5) is 0 Å². The van der Waals surface area contributed by atoms with E-state index in [4.69, 9.17) is 0 Å². The molecule has 0 saturated heterocycles. The summed E-state index contributed by atoms with van der Waals surface area (Å²) in [6, 6.07) is 17.4. The second-order valence-electron chi connectivity index (χ2n) is 7.17. The fraction of sp³-hybridized carbons (Fsp3) is 0.261. The van der Waals surface area contributed by atoms with Crippen molar-refractivity contribution in [1.82, 2.24) is 0 Å². The second-order valence-corrected chi connectivity index (χ2v) is 7.17. The molecule has 128 valence electrons. The van der Waals surface area contributed by atoms with Gasteiger partial charge in [-0.3, -0.25) is 4.79 Å². The van der Waals surface area contributed by atoms with Gasteiger partial charge >= 0.3 is 0 Å². The maximum absolute atomic E-state index is 13.2. The van der Waals surface area contributed by atoms with Crippen LogP contribution in [0.25, 0.3) is 10.8 Å². The Morgan fingerprint density at radius 2 is 1.40 bits per heavy atom. The molecule has 1 N–H and O–H groups in total. The summed E-state index contributed by atoms with van der Waals surface area (Å²) in [6.07, 6.45) is 0. The SMILES string of the molecule is CC(C)c1cc(C(=O)c2cccc3ccccc23)cc(C(C)C)c1O. The van der Waals surface area contributed by atoms with Crippen molar-refractivity contribution in [1.29, 1.82) is 0 Å². The number of carbonyl (C=O) groups excluding carboxylic acids is 1. The van der Waals surface area contributed by atoms with Gasteiger partial charge in [-0.05, 0) is 45.9 Å². The zero-order valence-corrected chi connectivity index (χ0v) is 15.2. The lowest BCUT2D eigenvalue weighted by molar-refractivity contribution is 0.104. The van der Waals surface area contributed by atoms with E-state index in [0.717, 1.165) is 21.9 Å². The molecule has 0 radical (unpaired) electrons. The predicted molar refractivity (Wildman–Crippen MR) is 104 cm³/mol. The van der Waals surface area contributed by atoms with Crippen molar-refractivity contribution < 1.29 is 9.90 Å². The Labute approximate surface area is 149 Å². The molecule has 0 unspecified atom stereocenters. The number of carbonyl (C=O) groups is 1. The van der Waals surface area contributed by atoms with Crippen molar-refractivity contribution >= 4 is 16.6 Å². The molecular weight excluding hydrogens is 308 g/mol. The molecule has 0 atom stereocenters. The Kier molecular flexibility index (Phi) is 4.63. The van der Waals surface area contributed by atoms with Crippen molar-refractivity contribution in [3.63, 3.8) is 0 Å². The summed E-state index contributed by atoms with van der Waals surface area (Å²) in [4.78, 5) is 13.2. The number of benzene rings is 3. The summed E-state index contributed by atoms with van der Waals surface area (Å²) in [7, 11) is 0. The molecule has 0 aromatic heterocycles. The van der Waals surface area contributed by atoms with Crippen molar-refractivity contribution in [2.45, 2.75) is 39.5 Å². The van der Waals surface area contributed by atoms with Crippen LogP contribution in [0.5, 0.6) is 5.75 Å². The summed E-state index contributed by atoms with van der Waals surface area (Å²) in [6.45, 7) is 8.13. The third-order valence-electron chi connectivity index (χ3n) is 4.71. The molecule has 3 aromatic carbocycles. The minimum atomic E-state index is 0.000556. The average Bonchev–Trinajstić information content (AvgIpc) is 2.60. The lowest BCUT2D eigenvalue weighted by Gasteiger charge is -2.17. The number of phenols is 1. The average molecular weight is 332 g/mol. The topological polar surface area (TPSA) is 37.3 Å². The molecule has 3 rings (SSSR count). The minimum Gasteiger partial charge on any atom is -0.507 e. The van der Waals surface area contributed by atoms with Gasteiger partial charge in [0.05, 0.1) is 0 Å². The van der Waals surface area contributed by atoms with E-state index >= 15 is 0 Å². The lowest BCUT2D eigenvalue weighted by Crippen LogP contribution is -2.06. The van der Waals surface area contributed by atoms with Crippen LogP contribution in [0.3, 0.4) is 0 Å². The number of hydrogen-bond donors (Lipinski definition) is 1. The van der Waals surface area contributed by atoms with Crippen LogP contribution < -0.4 is 0 Å². The summed E-state index contributed by atoms with van der Waals surface area (Å²) in [5, 5.41) is 12.6. The molecule has 0 fully saturated rings. The first kappa shape index (κ1) is 17.2. The number of rotatable bonds is 4. The highest BCUT2D eigenvalue weighted by molar-refractivity contribution is 6.16. The molecule has 25 heavy (non-hydrogen) atoms. The van der Waals surface area contributed by atoms with E-state index in [-0.39, 0.29) is 17.6 Å². The van der Waals surface area contributed by atoms with E-state index in [1.54, 1.807) is 0 Å². The van der Waals surface area contributed by atoms with Crippen LogP contribution in [-0.2, 0) is 0 Å². The monoisotopic (exact) mass is 332 g/mol. The first-order valence-corrected chi connectivity index (χ1v) is 8.79. The van der Waals surface area contributed by atoms with Gasteiger partial charge in [0.1, 0.15) is 5.75 Å². The molecule has 0 heterocycles. The molecular formula is C23H24O2. The summed E-state index contributed by atoms with van der Waals surface area (Å²) >= 11 is 0. The van der Waals surface area contributed by atoms with Crippen molar-refractivity contribution in [2.24, 2.45) is 0 Å². The van der Waals surface area contributed by atoms with Gasteiger partial charge in [0.2, 0.25) is 0 Å². The van der Waals surface area contributed by atoms with Crippen LogP contribution in [0.15, 0.2) is 54.6 Å². The Morgan fingerprint density at radius 1 is 0.840 bits per heavy atom. The van der Waals surface area contributed by atoms with Gasteiger partial charge in [-0.2, -0.15) is 0 Å². The second kappa shape index (κ2) is 6.72. The zero-order chi connectivity index (χ0) is 18.1. The van der Waals surface area contributed by atoms with Gasteiger partial charge in [-0.1, -0.05) is 70.2 Å². The van der Waals surface area contributed by atoms with Gasteiger partial charge < -0.3 is 5.11 Å². The normalized spacial score (nSPS) is 11.4. The molecule has 0 saturated carbocycles. The van der Waals surface area contributed by atoms with E-state index < -0.39 is 0 Å². The molecule has 0 amide bonds. The fourth-order valence-electron chi connectivity index (χ4n) is 3.27. The van der Waals surface area contributed by atoms with Crippen LogP contribution in [0, 0.1) is 0 Å². The van der Waals surface area contributed by atoms with Gasteiger partial charge in [-0.15, -0.1) is 0 Å². The third kappa shape index (κ3) is 3.17. The van der Waals surface area contributed by atoms with Gasteiger partial charge in [0.15, 0.2) is 5.78 Å². The van der Waals surface area contributed by atoms with Gasteiger partial charge in [-0.25, -0.2) is 0 Å². The maximum atomic E-state index is 13.2.